The molecule has 1 saturated heterocycles. The zero-order valence-electron chi connectivity index (χ0n) is 28.5. The highest BCUT2D eigenvalue weighted by Crippen LogP contribution is 2.54. The molecule has 2 aliphatic rings. The van der Waals surface area contributed by atoms with Gasteiger partial charge in [0, 0.05) is 0 Å². The summed E-state index contributed by atoms with van der Waals surface area (Å²) in [5.41, 5.74) is 0.255. The average molecular weight is 653 g/mol. The Kier molecular flexibility index (Phi) is 8.55. The Morgan fingerprint density at radius 1 is 0.881 bits per heavy atom. The zero-order chi connectivity index (χ0) is 31.9. The zero-order valence-corrected chi connectivity index (χ0v) is 32.2. The number of ether oxygens (including phenoxy) is 1. The first-order valence-corrected chi connectivity index (χ1v) is 24.2. The third kappa shape index (κ3) is 5.77. The van der Waals surface area contributed by atoms with Gasteiger partial charge in [-0.25, -0.2) is 15.0 Å². The molecule has 0 radical (unpaired) electrons. The Balaban J connectivity index is 1.93. The Morgan fingerprint density at radius 2 is 1.45 bits per heavy atom. The van der Waals surface area contributed by atoms with Crippen molar-refractivity contribution in [2.45, 2.75) is 141 Å². The first-order chi connectivity index (χ1) is 18.8. The van der Waals surface area contributed by atoms with Gasteiger partial charge in [0.15, 0.2) is 42.0 Å². The molecular weight excluding hydrogens is 600 g/mol. The fourth-order valence-corrected chi connectivity index (χ4v) is 8.68. The molecule has 0 unspecified atom stereocenters. The van der Waals surface area contributed by atoms with Crippen LogP contribution in [0.2, 0.25) is 59.5 Å². The second-order valence-electron chi connectivity index (χ2n) is 16.6. The largest absolute Gasteiger partial charge is 0.414 e. The highest BCUT2D eigenvalue weighted by molar-refractivity contribution is 6.75. The normalized spacial score (nSPS) is 25.7. The van der Waals surface area contributed by atoms with Crippen LogP contribution in [0.5, 0.6) is 0 Å². The summed E-state index contributed by atoms with van der Waals surface area (Å²) in [6.45, 7) is 34.5. The molecule has 4 rings (SSSR count). The first-order valence-electron chi connectivity index (χ1n) is 15.1. The van der Waals surface area contributed by atoms with Crippen molar-refractivity contribution in [1.29, 1.82) is 0 Å². The van der Waals surface area contributed by atoms with Crippen LogP contribution in [-0.2, 0) is 18.0 Å². The summed E-state index contributed by atoms with van der Waals surface area (Å²) in [7, 11) is -6.76. The Labute approximate surface area is 261 Å². The molecule has 0 aliphatic carbocycles. The molecule has 4 atom stereocenters. The second-order valence-corrected chi connectivity index (χ2v) is 31.3. The van der Waals surface area contributed by atoms with Crippen LogP contribution in [0.3, 0.4) is 0 Å². The fraction of sp³-hybridized carbons (Fsp3) is 0.767. The van der Waals surface area contributed by atoms with E-state index in [1.54, 1.807) is 0 Å². The maximum Gasteiger partial charge on any atom is 0.193 e. The minimum atomic E-state index is -2.37. The predicted octanol–water partition coefficient (Wildman–Crippen LogP) is 8.58. The molecule has 0 N–H and O–H groups in total. The lowest BCUT2D eigenvalue weighted by atomic mass is 9.91. The van der Waals surface area contributed by atoms with Gasteiger partial charge in [0.2, 0.25) is 0 Å². The van der Waals surface area contributed by atoms with Gasteiger partial charge in [-0.05, 0) is 66.5 Å². The van der Waals surface area contributed by atoms with E-state index in [4.69, 9.17) is 34.6 Å². The molecule has 42 heavy (non-hydrogen) atoms. The van der Waals surface area contributed by atoms with E-state index in [9.17, 15) is 0 Å². The maximum absolute atomic E-state index is 7.52. The van der Waals surface area contributed by atoms with Gasteiger partial charge in [-0.2, -0.15) is 0 Å². The molecule has 8 nitrogen and oxygen atoms in total. The van der Waals surface area contributed by atoms with E-state index in [0.717, 1.165) is 0 Å². The number of imidazole rings is 1. The van der Waals surface area contributed by atoms with Crippen LogP contribution in [-0.4, -0.2) is 68.9 Å². The van der Waals surface area contributed by atoms with E-state index in [1.807, 2.05) is 10.6 Å². The molecule has 236 valence electrons. The van der Waals surface area contributed by atoms with Crippen LogP contribution in [0.1, 0.15) is 74.4 Å². The number of hydrogen-bond acceptors (Lipinski definition) is 7. The molecule has 0 spiro atoms. The molecule has 2 aromatic heterocycles. The van der Waals surface area contributed by atoms with E-state index in [1.165, 1.54) is 6.33 Å². The number of hydrogen-bond donors (Lipinski definition) is 0. The van der Waals surface area contributed by atoms with E-state index in [0.29, 0.717) is 28.7 Å². The van der Waals surface area contributed by atoms with Crippen LogP contribution in [0.25, 0.3) is 17.2 Å². The van der Waals surface area contributed by atoms with Crippen molar-refractivity contribution in [3.05, 3.63) is 23.4 Å². The van der Waals surface area contributed by atoms with E-state index in [-0.39, 0.29) is 21.2 Å². The fourth-order valence-electron chi connectivity index (χ4n) is 4.70. The van der Waals surface area contributed by atoms with Gasteiger partial charge in [-0.3, -0.25) is 4.57 Å². The highest BCUT2D eigenvalue weighted by atomic mass is 35.5. The molecule has 0 saturated carbocycles. The van der Waals surface area contributed by atoms with Crippen LogP contribution in [0.15, 0.2) is 12.4 Å². The van der Waals surface area contributed by atoms with E-state index in [2.05, 4.69) is 118 Å². The molecule has 2 aliphatic heterocycles. The highest BCUT2D eigenvalue weighted by Gasteiger charge is 2.64. The number of fused-ring (bicyclic) bond motifs is 5. The molecule has 0 amide bonds. The van der Waals surface area contributed by atoms with Gasteiger partial charge in [0.1, 0.15) is 35.5 Å². The van der Waals surface area contributed by atoms with Crippen molar-refractivity contribution in [3.8, 4) is 0 Å². The van der Waals surface area contributed by atoms with Gasteiger partial charge < -0.3 is 18.0 Å². The van der Waals surface area contributed by atoms with Crippen molar-refractivity contribution in [3.63, 3.8) is 0 Å². The smallest absolute Gasteiger partial charge is 0.193 e. The number of rotatable bonds is 7. The summed E-state index contributed by atoms with van der Waals surface area (Å²) in [5, 5.41) is 0.321. The summed E-state index contributed by atoms with van der Waals surface area (Å²) in [4.78, 5) is 13.6. The summed E-state index contributed by atoms with van der Waals surface area (Å²) in [6.07, 6.45) is 4.31. The van der Waals surface area contributed by atoms with Gasteiger partial charge >= 0.3 is 0 Å². The summed E-state index contributed by atoms with van der Waals surface area (Å²) in [6, 6.07) is 0. The third-order valence-electron chi connectivity index (χ3n) is 10.5. The molecule has 12 heteroatoms. The quantitative estimate of drug-likeness (QED) is 0.219. The molecule has 4 heterocycles. The third-order valence-corrected chi connectivity index (χ3v) is 24.2. The van der Waals surface area contributed by atoms with Crippen LogP contribution < -0.4 is 0 Å². The van der Waals surface area contributed by atoms with Crippen molar-refractivity contribution in [1.82, 2.24) is 19.5 Å². The molecule has 1 fully saturated rings. The summed E-state index contributed by atoms with van der Waals surface area (Å²) < 4.78 is 30.9. The maximum atomic E-state index is 7.52. The standard InChI is InChI=1S/C30H53ClN4O4Si3/c1-27(2,3)40(10,11)36-18-20-23(38-41(12,13)28(4,5)6)30(39-42(14,15)29(7,8)9)17-16-21-34-22-24(31)32-19-33-25(22)35(21)26(30)37-20/h16-17,19-20,23,26H,18H2,1-15H3/t20-,23-,26-,30-/m1/s1. The van der Waals surface area contributed by atoms with Crippen LogP contribution in [0, 0.1) is 0 Å². The monoisotopic (exact) mass is 652 g/mol. The average Bonchev–Trinajstić information content (AvgIpc) is 3.32. The molecule has 0 aromatic carbocycles. The van der Waals surface area contributed by atoms with Crippen molar-refractivity contribution >= 4 is 53.8 Å². The minimum absolute atomic E-state index is 0.0138. The first kappa shape index (κ1) is 34.0. The van der Waals surface area contributed by atoms with Crippen molar-refractivity contribution in [2.24, 2.45) is 0 Å². The lowest BCUT2D eigenvalue weighted by Crippen LogP contribution is -2.61. The summed E-state index contributed by atoms with van der Waals surface area (Å²) >= 11 is 6.51. The summed E-state index contributed by atoms with van der Waals surface area (Å²) in [5.74, 6) is 0.712. The topological polar surface area (TPSA) is 80.5 Å². The van der Waals surface area contributed by atoms with Crippen LogP contribution in [0.4, 0.5) is 0 Å². The Morgan fingerprint density at radius 3 is 2.00 bits per heavy atom. The lowest BCUT2D eigenvalue weighted by Gasteiger charge is -2.50. The second kappa shape index (κ2) is 10.6. The van der Waals surface area contributed by atoms with E-state index < -0.39 is 42.9 Å². The van der Waals surface area contributed by atoms with Crippen molar-refractivity contribution < 1.29 is 18.0 Å². The van der Waals surface area contributed by atoms with Gasteiger partial charge in [-0.15, -0.1) is 0 Å². The Hall–Kier alpha value is -0.929. The molecule has 0 bridgehead atoms. The SMILES string of the molecule is CC(C)(C)[Si](C)(C)OC[C@H]1O[C@H]2n3c(nc4c(Cl)ncnc43)C=C[C@@]2(O[Si](C)(C)C(C)(C)C)[C@@H]1O[Si](C)(C)C(C)(C)C. The molecule has 2 aromatic rings. The van der Waals surface area contributed by atoms with Gasteiger partial charge in [0.05, 0.1) is 6.61 Å². The van der Waals surface area contributed by atoms with Crippen molar-refractivity contribution in [2.75, 3.05) is 6.61 Å². The van der Waals surface area contributed by atoms with E-state index >= 15 is 0 Å². The van der Waals surface area contributed by atoms with Gasteiger partial charge in [-0.1, -0.05) is 73.9 Å². The number of halogens is 1. The van der Waals surface area contributed by atoms with Crippen LogP contribution >= 0.6 is 11.6 Å². The molecular formula is C30H53ClN4O4Si3. The lowest BCUT2D eigenvalue weighted by molar-refractivity contribution is -0.0713. The number of aromatic nitrogens is 4. The Bertz CT molecular complexity index is 1360. The minimum Gasteiger partial charge on any atom is -0.414 e. The predicted molar refractivity (Wildman–Crippen MR) is 180 cm³/mol. The van der Waals surface area contributed by atoms with Gasteiger partial charge in [0.25, 0.3) is 0 Å². The number of nitrogens with zero attached hydrogens (tertiary/aromatic N) is 4.